The molecule has 1 saturated carbocycles. The number of halogens is 3. The third kappa shape index (κ3) is 2.45. The van der Waals surface area contributed by atoms with Crippen molar-refractivity contribution in [1.82, 2.24) is 20.4 Å². The number of carbonyl (C=O) groups excluding carboxylic acids is 2. The number of amides is 3. The van der Waals surface area contributed by atoms with Crippen molar-refractivity contribution in [3.05, 3.63) is 0 Å². The number of nitrogens with zero attached hydrogens (tertiary/aromatic N) is 2. The van der Waals surface area contributed by atoms with Gasteiger partial charge in [-0.1, -0.05) is 0 Å². The van der Waals surface area contributed by atoms with E-state index < -0.39 is 23.0 Å². The molecule has 23 heavy (non-hydrogen) atoms. The third-order valence-corrected chi connectivity index (χ3v) is 5.53. The number of alkyl halides is 3. The highest BCUT2D eigenvalue weighted by Gasteiger charge is 2.81. The zero-order valence-electron chi connectivity index (χ0n) is 13.0. The quantitative estimate of drug-likeness (QED) is 0.785. The third-order valence-electron chi connectivity index (χ3n) is 5.53. The summed E-state index contributed by atoms with van der Waals surface area (Å²) in [6, 6.07) is -0.460. The van der Waals surface area contributed by atoms with Crippen LogP contribution in [0.2, 0.25) is 0 Å². The predicted octanol–water partition coefficient (Wildman–Crippen LogP) is 0.402. The molecule has 3 amide bonds. The Hall–Kier alpha value is -1.51. The van der Waals surface area contributed by atoms with Crippen LogP contribution in [0.5, 0.6) is 0 Å². The lowest BCUT2D eigenvalue weighted by Gasteiger charge is -2.34. The maximum absolute atomic E-state index is 13.2. The van der Waals surface area contributed by atoms with Crippen LogP contribution in [-0.2, 0) is 4.79 Å². The van der Waals surface area contributed by atoms with Gasteiger partial charge in [0.2, 0.25) is 5.91 Å². The van der Waals surface area contributed by atoms with Gasteiger partial charge in [0, 0.05) is 44.7 Å². The van der Waals surface area contributed by atoms with Gasteiger partial charge in [-0.25, -0.2) is 4.79 Å². The Labute approximate surface area is 132 Å². The number of piperidine rings is 1. The topological polar surface area (TPSA) is 64.7 Å². The molecule has 0 radical (unpaired) electrons. The second-order valence-corrected chi connectivity index (χ2v) is 6.69. The number of hydrogen-bond acceptors (Lipinski definition) is 3. The van der Waals surface area contributed by atoms with Gasteiger partial charge >= 0.3 is 12.2 Å². The molecule has 1 aliphatic carbocycles. The molecule has 2 saturated heterocycles. The Morgan fingerprint density at radius 1 is 1.35 bits per heavy atom. The summed E-state index contributed by atoms with van der Waals surface area (Å²) in [7, 11) is 0. The number of urea groups is 1. The first-order valence-corrected chi connectivity index (χ1v) is 7.83. The lowest BCUT2D eigenvalue weighted by molar-refractivity contribution is -0.190. The van der Waals surface area contributed by atoms with E-state index in [0.717, 1.165) is 0 Å². The second kappa shape index (κ2) is 5.25. The van der Waals surface area contributed by atoms with E-state index in [1.807, 2.05) is 6.92 Å². The van der Waals surface area contributed by atoms with E-state index in [2.05, 4.69) is 10.6 Å². The molecule has 3 rings (SSSR count). The number of nitrogens with one attached hydrogen (secondary N) is 2. The molecule has 0 aromatic carbocycles. The van der Waals surface area contributed by atoms with Crippen molar-refractivity contribution in [2.24, 2.45) is 10.8 Å². The zero-order valence-corrected chi connectivity index (χ0v) is 13.0. The molecule has 0 aromatic rings. The summed E-state index contributed by atoms with van der Waals surface area (Å²) < 4.78 is 39.7. The van der Waals surface area contributed by atoms with Gasteiger partial charge in [-0.3, -0.25) is 4.79 Å². The second-order valence-electron chi connectivity index (χ2n) is 6.69. The maximum atomic E-state index is 13.2. The smallest absolute Gasteiger partial charge is 0.340 e. The number of rotatable bonds is 3. The van der Waals surface area contributed by atoms with Crippen LogP contribution in [0.15, 0.2) is 0 Å². The average molecular weight is 334 g/mol. The molecule has 2 atom stereocenters. The number of piperazine rings is 1. The number of fused-ring (bicyclic) bond motifs is 1. The molecule has 2 heterocycles. The highest BCUT2D eigenvalue weighted by atomic mass is 19.4. The van der Waals surface area contributed by atoms with Crippen molar-refractivity contribution in [2.75, 3.05) is 45.8 Å². The van der Waals surface area contributed by atoms with Crippen LogP contribution in [0.3, 0.4) is 0 Å². The van der Waals surface area contributed by atoms with Crippen LogP contribution < -0.4 is 10.6 Å². The fourth-order valence-corrected chi connectivity index (χ4v) is 3.90. The van der Waals surface area contributed by atoms with Gasteiger partial charge in [-0.15, -0.1) is 0 Å². The molecule has 130 valence electrons. The van der Waals surface area contributed by atoms with Crippen LogP contribution in [0.4, 0.5) is 18.0 Å². The molecule has 0 bridgehead atoms. The molecular formula is C14H21F3N4O2. The van der Waals surface area contributed by atoms with Crippen LogP contribution in [0.1, 0.15) is 13.3 Å². The van der Waals surface area contributed by atoms with Gasteiger partial charge in [0.25, 0.3) is 0 Å². The first kappa shape index (κ1) is 16.4. The molecule has 2 N–H and O–H groups in total. The number of carbonyl (C=O) groups is 2. The van der Waals surface area contributed by atoms with Crippen molar-refractivity contribution < 1.29 is 22.8 Å². The molecule has 3 fully saturated rings. The Kier molecular flexibility index (Phi) is 3.74. The highest BCUT2D eigenvalue weighted by molar-refractivity contribution is 5.85. The van der Waals surface area contributed by atoms with Crippen molar-refractivity contribution in [3.8, 4) is 0 Å². The Balaban J connectivity index is 1.56. The van der Waals surface area contributed by atoms with Gasteiger partial charge in [0.15, 0.2) is 0 Å². The number of hydrogen-bond donors (Lipinski definition) is 2. The molecule has 6 nitrogen and oxygen atoms in total. The largest absolute Gasteiger partial charge is 0.396 e. The van der Waals surface area contributed by atoms with Crippen LogP contribution in [0.25, 0.3) is 0 Å². The van der Waals surface area contributed by atoms with E-state index in [1.165, 1.54) is 4.90 Å². The first-order valence-electron chi connectivity index (χ1n) is 7.83. The van der Waals surface area contributed by atoms with Gasteiger partial charge in [0.1, 0.15) is 6.54 Å². The van der Waals surface area contributed by atoms with E-state index in [-0.39, 0.29) is 38.5 Å². The molecule has 9 heteroatoms. The minimum absolute atomic E-state index is 0.0134. The standard InChI is InChI=1S/C14H21F3N4O2/c1-2-20-3-4-21(5-10(20)22)11(23)19-8-12-6-13(12,9-18-7-12)14(15,16)17/h18H,2-9H2,1H3,(H,19,23)/t12-,13-/m1/s1. The number of likely N-dealkylation sites (N-methyl/N-ethyl adjacent to an activating group) is 1. The zero-order chi connectivity index (χ0) is 16.9. The minimum atomic E-state index is -4.26. The van der Waals surface area contributed by atoms with Crippen molar-refractivity contribution in [1.29, 1.82) is 0 Å². The lowest BCUT2D eigenvalue weighted by Crippen LogP contribution is -2.55. The molecule has 3 aliphatic rings. The predicted molar refractivity (Wildman–Crippen MR) is 75.6 cm³/mol. The average Bonchev–Trinajstić information content (AvgIpc) is 3.01. The fourth-order valence-electron chi connectivity index (χ4n) is 3.90. The van der Waals surface area contributed by atoms with E-state index in [0.29, 0.717) is 19.6 Å². The van der Waals surface area contributed by atoms with Crippen LogP contribution in [-0.4, -0.2) is 73.7 Å². The summed E-state index contributed by atoms with van der Waals surface area (Å²) in [5.74, 6) is -0.134. The SMILES string of the molecule is CCN1CCN(C(=O)NC[C@@]23CNC[C@]2(C(F)(F)F)C3)CC1=O. The summed E-state index contributed by atoms with van der Waals surface area (Å²) in [6.07, 6.45) is -4.21. The monoisotopic (exact) mass is 334 g/mol. The molecule has 0 unspecified atom stereocenters. The van der Waals surface area contributed by atoms with Gasteiger partial charge in [-0.05, 0) is 13.3 Å². The van der Waals surface area contributed by atoms with Gasteiger partial charge < -0.3 is 20.4 Å². The summed E-state index contributed by atoms with van der Waals surface area (Å²) in [5.41, 5.74) is -2.64. The van der Waals surface area contributed by atoms with Crippen LogP contribution >= 0.6 is 0 Å². The van der Waals surface area contributed by atoms with E-state index in [1.54, 1.807) is 4.90 Å². The van der Waals surface area contributed by atoms with E-state index in [9.17, 15) is 22.8 Å². The summed E-state index contributed by atoms with van der Waals surface area (Å²) in [5, 5.41) is 5.39. The van der Waals surface area contributed by atoms with Crippen molar-refractivity contribution in [2.45, 2.75) is 19.5 Å². The minimum Gasteiger partial charge on any atom is -0.340 e. The lowest BCUT2D eigenvalue weighted by atomic mass is 9.95. The summed E-state index contributed by atoms with van der Waals surface area (Å²) in [4.78, 5) is 27.0. The fraction of sp³-hybridized carbons (Fsp3) is 0.857. The molecule has 2 aliphatic heterocycles. The van der Waals surface area contributed by atoms with Crippen molar-refractivity contribution in [3.63, 3.8) is 0 Å². The van der Waals surface area contributed by atoms with E-state index in [4.69, 9.17) is 0 Å². The Morgan fingerprint density at radius 3 is 2.65 bits per heavy atom. The first-order chi connectivity index (χ1) is 10.7. The molecular weight excluding hydrogens is 313 g/mol. The van der Waals surface area contributed by atoms with E-state index >= 15 is 0 Å². The van der Waals surface area contributed by atoms with Crippen LogP contribution in [0, 0.1) is 10.8 Å². The Bertz CT molecular complexity index is 527. The summed E-state index contributed by atoms with van der Waals surface area (Å²) >= 11 is 0. The molecule has 0 spiro atoms. The van der Waals surface area contributed by atoms with Gasteiger partial charge in [0.05, 0.1) is 5.41 Å². The summed E-state index contributed by atoms with van der Waals surface area (Å²) in [6.45, 7) is 3.47. The highest BCUT2D eigenvalue weighted by Crippen LogP contribution is 2.72. The maximum Gasteiger partial charge on any atom is 0.396 e. The normalized spacial score (nSPS) is 33.7. The van der Waals surface area contributed by atoms with Crippen molar-refractivity contribution >= 4 is 11.9 Å². The Morgan fingerprint density at radius 2 is 2.09 bits per heavy atom. The van der Waals surface area contributed by atoms with Gasteiger partial charge in [-0.2, -0.15) is 13.2 Å². The molecule has 0 aromatic heterocycles.